The van der Waals surface area contributed by atoms with Crippen molar-refractivity contribution in [1.82, 2.24) is 4.90 Å². The van der Waals surface area contributed by atoms with E-state index in [1.165, 1.54) is 4.90 Å². The van der Waals surface area contributed by atoms with E-state index < -0.39 is 23.6 Å². The number of ether oxygens (including phenoxy) is 1. The summed E-state index contributed by atoms with van der Waals surface area (Å²) < 4.78 is 33.4. The van der Waals surface area contributed by atoms with Gasteiger partial charge in [-0.3, -0.25) is 4.79 Å². The lowest BCUT2D eigenvalue weighted by atomic mass is 10.1. The lowest BCUT2D eigenvalue weighted by Crippen LogP contribution is -2.40. The second-order valence-electron chi connectivity index (χ2n) is 8.22. The Balaban J connectivity index is 1.45. The van der Waals surface area contributed by atoms with Gasteiger partial charge in [-0.25, -0.2) is 13.6 Å². The average molecular weight is 509 g/mol. The van der Waals surface area contributed by atoms with Gasteiger partial charge < -0.3 is 14.7 Å². The smallest absolute Gasteiger partial charge is 0.326 e. The molecule has 0 aliphatic carbocycles. The molecule has 3 aromatic rings. The molecule has 1 aliphatic rings. The van der Waals surface area contributed by atoms with Crippen LogP contribution in [0.1, 0.15) is 28.8 Å². The van der Waals surface area contributed by atoms with Crippen LogP contribution in [-0.2, 0) is 11.4 Å². The molecule has 0 radical (unpaired) electrons. The molecule has 1 fully saturated rings. The monoisotopic (exact) mass is 508 g/mol. The van der Waals surface area contributed by atoms with Gasteiger partial charge in [-0.15, -0.1) is 11.8 Å². The molecule has 36 heavy (non-hydrogen) atoms. The molecule has 1 N–H and O–H groups in total. The number of aliphatic carboxylic acids is 1. The highest BCUT2D eigenvalue weighted by atomic mass is 32.2. The van der Waals surface area contributed by atoms with E-state index in [1.54, 1.807) is 42.5 Å². The van der Waals surface area contributed by atoms with E-state index in [0.29, 0.717) is 46.7 Å². The maximum Gasteiger partial charge on any atom is 0.326 e. The van der Waals surface area contributed by atoms with Crippen LogP contribution in [0.3, 0.4) is 0 Å². The number of amides is 1. The molecule has 9 heteroatoms. The van der Waals surface area contributed by atoms with Crippen molar-refractivity contribution in [2.24, 2.45) is 0 Å². The number of hydrogen-bond acceptors (Lipinski definition) is 5. The van der Waals surface area contributed by atoms with Crippen molar-refractivity contribution < 1.29 is 28.2 Å². The SMILES string of the molecule is N#CCSc1cc(F)c(F)cc1-c1ccc(OCc2cccc(C(=O)N3CCC[C@H]3C(=O)O)c2)cc1. The van der Waals surface area contributed by atoms with E-state index >= 15 is 0 Å². The van der Waals surface area contributed by atoms with Gasteiger partial charge in [0.05, 0.1) is 11.8 Å². The molecule has 0 aromatic heterocycles. The van der Waals surface area contributed by atoms with Crippen LogP contribution >= 0.6 is 11.8 Å². The molecule has 184 valence electrons. The minimum atomic E-state index is -0.997. The molecule has 3 aromatic carbocycles. The summed E-state index contributed by atoms with van der Waals surface area (Å²) in [5, 5.41) is 18.2. The first kappa shape index (κ1) is 25.2. The Labute approximate surface area is 211 Å². The van der Waals surface area contributed by atoms with Crippen LogP contribution in [0.4, 0.5) is 8.78 Å². The predicted molar refractivity (Wildman–Crippen MR) is 131 cm³/mol. The molecule has 1 saturated heterocycles. The van der Waals surface area contributed by atoms with Crippen molar-refractivity contribution in [3.8, 4) is 22.9 Å². The first-order valence-corrected chi connectivity index (χ1v) is 12.2. The largest absolute Gasteiger partial charge is 0.489 e. The van der Waals surface area contributed by atoms with E-state index in [9.17, 15) is 23.5 Å². The van der Waals surface area contributed by atoms with Gasteiger partial charge in [0.25, 0.3) is 5.91 Å². The third kappa shape index (κ3) is 5.66. The number of halogens is 2. The lowest BCUT2D eigenvalue weighted by Gasteiger charge is -2.21. The van der Waals surface area contributed by atoms with Crippen molar-refractivity contribution in [2.45, 2.75) is 30.4 Å². The molecule has 1 heterocycles. The minimum Gasteiger partial charge on any atom is -0.489 e. The van der Waals surface area contributed by atoms with Crippen molar-refractivity contribution >= 4 is 23.6 Å². The summed E-state index contributed by atoms with van der Waals surface area (Å²) in [6.45, 7) is 0.592. The van der Waals surface area contributed by atoms with Gasteiger partial charge in [0.2, 0.25) is 0 Å². The number of likely N-dealkylation sites (tertiary alicyclic amines) is 1. The summed E-state index contributed by atoms with van der Waals surface area (Å²) in [7, 11) is 0. The fourth-order valence-corrected chi connectivity index (χ4v) is 4.85. The second kappa shape index (κ2) is 11.2. The van der Waals surface area contributed by atoms with Gasteiger partial charge in [-0.1, -0.05) is 24.3 Å². The molecular weight excluding hydrogens is 486 g/mol. The van der Waals surface area contributed by atoms with Crippen LogP contribution < -0.4 is 4.74 Å². The lowest BCUT2D eigenvalue weighted by molar-refractivity contribution is -0.141. The summed E-state index contributed by atoms with van der Waals surface area (Å²) in [5.41, 5.74) is 2.27. The van der Waals surface area contributed by atoms with E-state index in [4.69, 9.17) is 10.00 Å². The van der Waals surface area contributed by atoms with Gasteiger partial charge in [0.1, 0.15) is 18.4 Å². The summed E-state index contributed by atoms with van der Waals surface area (Å²) in [6, 6.07) is 17.1. The van der Waals surface area contributed by atoms with Crippen LogP contribution in [0.25, 0.3) is 11.1 Å². The van der Waals surface area contributed by atoms with Crippen LogP contribution in [0.15, 0.2) is 65.6 Å². The minimum absolute atomic E-state index is 0.107. The zero-order chi connectivity index (χ0) is 25.7. The molecule has 6 nitrogen and oxygen atoms in total. The Morgan fingerprint density at radius 3 is 2.58 bits per heavy atom. The number of rotatable bonds is 8. The second-order valence-corrected chi connectivity index (χ2v) is 9.23. The van der Waals surface area contributed by atoms with Crippen molar-refractivity contribution in [2.75, 3.05) is 12.3 Å². The third-order valence-corrected chi connectivity index (χ3v) is 6.78. The first-order chi connectivity index (χ1) is 17.4. The number of nitriles is 1. The van der Waals surface area contributed by atoms with E-state index in [1.807, 2.05) is 12.1 Å². The molecule has 0 bridgehead atoms. The topological polar surface area (TPSA) is 90.6 Å². The van der Waals surface area contributed by atoms with Gasteiger partial charge in [0, 0.05) is 17.0 Å². The molecular formula is C27H22F2N2O4S. The number of carboxylic acids is 1. The molecule has 1 amide bonds. The molecule has 1 atom stereocenters. The Hall–Kier alpha value is -3.90. The fourth-order valence-electron chi connectivity index (χ4n) is 4.11. The summed E-state index contributed by atoms with van der Waals surface area (Å²) in [6.07, 6.45) is 1.10. The highest BCUT2D eigenvalue weighted by Gasteiger charge is 2.34. The molecule has 0 saturated carbocycles. The highest BCUT2D eigenvalue weighted by Crippen LogP contribution is 2.34. The van der Waals surface area contributed by atoms with Gasteiger partial charge in [-0.2, -0.15) is 5.26 Å². The van der Waals surface area contributed by atoms with Gasteiger partial charge in [0.15, 0.2) is 11.6 Å². The third-order valence-electron chi connectivity index (χ3n) is 5.86. The summed E-state index contributed by atoms with van der Waals surface area (Å²) in [5.74, 6) is -2.61. The number of carbonyl (C=O) groups excluding carboxylic acids is 1. The summed E-state index contributed by atoms with van der Waals surface area (Å²) >= 11 is 1.13. The van der Waals surface area contributed by atoms with E-state index in [0.717, 1.165) is 29.5 Å². The van der Waals surface area contributed by atoms with Crippen LogP contribution in [0, 0.1) is 23.0 Å². The Kier molecular flexibility index (Phi) is 7.86. The number of hydrogen-bond donors (Lipinski definition) is 1. The molecule has 1 aliphatic heterocycles. The molecule has 4 rings (SSSR count). The van der Waals surface area contributed by atoms with Crippen LogP contribution in [-0.4, -0.2) is 40.2 Å². The Morgan fingerprint density at radius 2 is 1.86 bits per heavy atom. The fraction of sp³-hybridized carbons (Fsp3) is 0.222. The zero-order valence-electron chi connectivity index (χ0n) is 19.1. The Bertz CT molecular complexity index is 1320. The van der Waals surface area contributed by atoms with Crippen molar-refractivity contribution in [3.63, 3.8) is 0 Å². The maximum atomic E-state index is 13.9. The van der Waals surface area contributed by atoms with Crippen molar-refractivity contribution in [3.05, 3.63) is 83.4 Å². The number of nitrogens with zero attached hydrogens (tertiary/aromatic N) is 2. The number of benzene rings is 3. The van der Waals surface area contributed by atoms with E-state index in [-0.39, 0.29) is 18.3 Å². The number of carboxylic acid groups (broad SMARTS) is 1. The first-order valence-electron chi connectivity index (χ1n) is 11.2. The molecule has 0 unspecified atom stereocenters. The zero-order valence-corrected chi connectivity index (χ0v) is 19.9. The number of thioether (sulfide) groups is 1. The normalized spacial score (nSPS) is 14.9. The Morgan fingerprint density at radius 1 is 1.11 bits per heavy atom. The van der Waals surface area contributed by atoms with E-state index in [2.05, 4.69) is 0 Å². The van der Waals surface area contributed by atoms with Crippen LogP contribution in [0.2, 0.25) is 0 Å². The predicted octanol–water partition coefficient (Wildman–Crippen LogP) is 5.52. The average Bonchev–Trinajstić information content (AvgIpc) is 3.38. The van der Waals surface area contributed by atoms with Gasteiger partial charge in [-0.05, 0) is 65.9 Å². The highest BCUT2D eigenvalue weighted by molar-refractivity contribution is 7.99. The molecule has 0 spiro atoms. The van der Waals surface area contributed by atoms with Crippen molar-refractivity contribution in [1.29, 1.82) is 5.26 Å². The quantitative estimate of drug-likeness (QED) is 0.403. The maximum absolute atomic E-state index is 13.9. The number of carbonyl (C=O) groups is 2. The summed E-state index contributed by atoms with van der Waals surface area (Å²) in [4.78, 5) is 26.1. The van der Waals surface area contributed by atoms with Gasteiger partial charge >= 0.3 is 5.97 Å². The van der Waals surface area contributed by atoms with Crippen LogP contribution in [0.5, 0.6) is 5.75 Å². The standard InChI is InChI=1S/C27H22F2N2O4S/c28-22-14-21(25(15-23(22)29)36-12-10-30)18-6-8-20(9-7-18)35-16-17-3-1-4-19(13-17)26(32)31-11-2-5-24(31)27(33)34/h1,3-4,6-9,13-15,24H,2,5,11-12,16H2,(H,33,34)/t24-/m0/s1.